The standard InChI is InChI=1S/C19H28O3S/c1-18(2,3)14-11-13(23-10-8-7-9-16(20)21)12-15(17(14)22)19(4,5)6/h7,9,11-12,22H,8,10H2,1-6H3,(H,20,21)/b9-7+. The number of rotatable bonds is 5. The summed E-state index contributed by atoms with van der Waals surface area (Å²) in [6.07, 6.45) is 3.55. The molecular weight excluding hydrogens is 308 g/mol. The molecule has 0 unspecified atom stereocenters. The average molecular weight is 336 g/mol. The lowest BCUT2D eigenvalue weighted by Crippen LogP contribution is -2.17. The van der Waals surface area contributed by atoms with E-state index in [4.69, 9.17) is 5.11 Å². The highest BCUT2D eigenvalue weighted by Crippen LogP contribution is 2.41. The van der Waals surface area contributed by atoms with Crippen LogP contribution >= 0.6 is 11.8 Å². The van der Waals surface area contributed by atoms with Crippen molar-refractivity contribution < 1.29 is 15.0 Å². The Balaban J connectivity index is 3.06. The van der Waals surface area contributed by atoms with E-state index in [-0.39, 0.29) is 10.8 Å². The molecule has 0 spiro atoms. The quantitative estimate of drug-likeness (QED) is 0.446. The van der Waals surface area contributed by atoms with Gasteiger partial charge in [-0.15, -0.1) is 11.8 Å². The Morgan fingerprint density at radius 3 is 1.96 bits per heavy atom. The number of carboxylic acids is 1. The van der Waals surface area contributed by atoms with Gasteiger partial charge in [-0.25, -0.2) is 4.79 Å². The van der Waals surface area contributed by atoms with E-state index in [1.165, 1.54) is 6.08 Å². The number of carboxylic acid groups (broad SMARTS) is 1. The first-order valence-corrected chi connectivity index (χ1v) is 8.81. The molecule has 0 aliphatic heterocycles. The van der Waals surface area contributed by atoms with E-state index in [9.17, 15) is 9.90 Å². The Labute approximate surface area is 143 Å². The molecule has 23 heavy (non-hydrogen) atoms. The van der Waals surface area contributed by atoms with Crippen molar-refractivity contribution in [1.82, 2.24) is 0 Å². The van der Waals surface area contributed by atoms with Gasteiger partial charge in [0.1, 0.15) is 5.75 Å². The summed E-state index contributed by atoms with van der Waals surface area (Å²) in [6, 6.07) is 4.10. The third kappa shape index (κ3) is 5.94. The minimum absolute atomic E-state index is 0.135. The lowest BCUT2D eigenvalue weighted by Gasteiger charge is -2.28. The van der Waals surface area contributed by atoms with E-state index in [1.807, 2.05) is 0 Å². The van der Waals surface area contributed by atoms with E-state index < -0.39 is 5.97 Å². The zero-order chi connectivity index (χ0) is 17.8. The fraction of sp³-hybridized carbons (Fsp3) is 0.526. The van der Waals surface area contributed by atoms with Crippen LogP contribution in [0.1, 0.15) is 59.1 Å². The maximum atomic E-state index is 10.7. The Bertz CT molecular complexity index is 555. The average Bonchev–Trinajstić information content (AvgIpc) is 2.36. The largest absolute Gasteiger partial charge is 0.507 e. The first-order chi connectivity index (χ1) is 10.4. The van der Waals surface area contributed by atoms with Crippen LogP contribution in [0.4, 0.5) is 0 Å². The normalized spacial score (nSPS) is 12.8. The highest BCUT2D eigenvalue weighted by atomic mass is 32.2. The third-order valence-electron chi connectivity index (χ3n) is 3.51. The van der Waals surface area contributed by atoms with Crippen LogP contribution in [0.3, 0.4) is 0 Å². The van der Waals surface area contributed by atoms with Crippen molar-refractivity contribution in [2.75, 3.05) is 5.75 Å². The van der Waals surface area contributed by atoms with Gasteiger partial charge in [-0.1, -0.05) is 47.6 Å². The van der Waals surface area contributed by atoms with E-state index in [2.05, 4.69) is 53.7 Å². The molecule has 0 saturated heterocycles. The molecule has 0 heterocycles. The van der Waals surface area contributed by atoms with E-state index in [0.29, 0.717) is 12.2 Å². The topological polar surface area (TPSA) is 57.5 Å². The fourth-order valence-corrected chi connectivity index (χ4v) is 3.16. The molecule has 0 atom stereocenters. The summed E-state index contributed by atoms with van der Waals surface area (Å²) in [5, 5.41) is 19.3. The molecule has 0 saturated carbocycles. The second-order valence-electron chi connectivity index (χ2n) is 7.74. The molecule has 0 bridgehead atoms. The number of phenols is 1. The lowest BCUT2D eigenvalue weighted by molar-refractivity contribution is -0.131. The van der Waals surface area contributed by atoms with Gasteiger partial charge in [0.15, 0.2) is 0 Å². The van der Waals surface area contributed by atoms with Gasteiger partial charge in [-0.2, -0.15) is 0 Å². The van der Waals surface area contributed by atoms with Crippen molar-refractivity contribution in [3.05, 3.63) is 35.4 Å². The second kappa shape index (κ2) is 7.43. The molecule has 0 amide bonds. The molecule has 1 aromatic rings. The van der Waals surface area contributed by atoms with Crippen molar-refractivity contribution in [2.24, 2.45) is 0 Å². The summed E-state index contributed by atoms with van der Waals surface area (Å²) >= 11 is 1.69. The maximum absolute atomic E-state index is 10.7. The van der Waals surface area contributed by atoms with Crippen molar-refractivity contribution >= 4 is 17.7 Å². The van der Waals surface area contributed by atoms with Crippen LogP contribution in [-0.2, 0) is 15.6 Å². The predicted molar refractivity (Wildman–Crippen MR) is 97.6 cm³/mol. The van der Waals surface area contributed by atoms with Crippen molar-refractivity contribution in [3.63, 3.8) is 0 Å². The molecule has 128 valence electrons. The summed E-state index contributed by atoms with van der Waals surface area (Å²) in [5.74, 6) is 0.284. The summed E-state index contributed by atoms with van der Waals surface area (Å²) in [7, 11) is 0. The molecule has 1 rings (SSSR count). The number of hydrogen-bond donors (Lipinski definition) is 2. The van der Waals surface area contributed by atoms with Crippen LogP contribution in [0.5, 0.6) is 5.75 Å². The maximum Gasteiger partial charge on any atom is 0.327 e. The first kappa shape index (κ1) is 19.6. The predicted octanol–water partition coefficient (Wildman–Crippen LogP) is 5.11. The van der Waals surface area contributed by atoms with Gasteiger partial charge < -0.3 is 10.2 Å². The molecule has 0 aliphatic carbocycles. The highest BCUT2D eigenvalue weighted by Gasteiger charge is 2.26. The second-order valence-corrected chi connectivity index (χ2v) is 8.91. The first-order valence-electron chi connectivity index (χ1n) is 7.83. The van der Waals surface area contributed by atoms with Gasteiger partial charge in [-0.05, 0) is 29.4 Å². The van der Waals surface area contributed by atoms with Gasteiger partial charge >= 0.3 is 5.97 Å². The molecule has 1 aromatic carbocycles. The zero-order valence-corrected chi connectivity index (χ0v) is 15.8. The van der Waals surface area contributed by atoms with Crippen molar-refractivity contribution in [2.45, 2.75) is 63.7 Å². The van der Waals surface area contributed by atoms with Gasteiger partial charge in [0.25, 0.3) is 0 Å². The minimum Gasteiger partial charge on any atom is -0.507 e. The Hall–Kier alpha value is -1.42. The van der Waals surface area contributed by atoms with Gasteiger partial charge in [0.05, 0.1) is 0 Å². The molecular formula is C19H28O3S. The number of phenolic OH excluding ortho intramolecular Hbond substituents is 1. The Kier molecular flexibility index (Phi) is 6.34. The molecule has 0 fully saturated rings. The van der Waals surface area contributed by atoms with Crippen LogP contribution in [-0.4, -0.2) is 21.9 Å². The number of thioether (sulfide) groups is 1. The van der Waals surface area contributed by atoms with Crippen LogP contribution in [0.25, 0.3) is 0 Å². The minimum atomic E-state index is -0.912. The highest BCUT2D eigenvalue weighted by molar-refractivity contribution is 7.99. The number of aliphatic carboxylic acids is 1. The van der Waals surface area contributed by atoms with Crippen LogP contribution < -0.4 is 0 Å². The fourth-order valence-electron chi connectivity index (χ4n) is 2.26. The Morgan fingerprint density at radius 1 is 1.09 bits per heavy atom. The molecule has 0 aliphatic rings. The van der Waals surface area contributed by atoms with Gasteiger partial charge in [0.2, 0.25) is 0 Å². The number of carbonyl (C=O) groups is 1. The monoisotopic (exact) mass is 336 g/mol. The van der Waals surface area contributed by atoms with Crippen molar-refractivity contribution in [3.8, 4) is 5.75 Å². The summed E-state index contributed by atoms with van der Waals surface area (Å²) in [6.45, 7) is 12.6. The molecule has 0 radical (unpaired) electrons. The Morgan fingerprint density at radius 2 is 1.57 bits per heavy atom. The molecule has 0 aromatic heterocycles. The van der Waals surface area contributed by atoms with E-state index >= 15 is 0 Å². The zero-order valence-electron chi connectivity index (χ0n) is 14.9. The third-order valence-corrected chi connectivity index (χ3v) is 4.52. The smallest absolute Gasteiger partial charge is 0.327 e. The van der Waals surface area contributed by atoms with E-state index in [0.717, 1.165) is 21.8 Å². The number of allylic oxidation sites excluding steroid dienone is 1. The van der Waals surface area contributed by atoms with Gasteiger partial charge in [-0.3, -0.25) is 0 Å². The van der Waals surface area contributed by atoms with Crippen LogP contribution in [0, 0.1) is 0 Å². The molecule has 2 N–H and O–H groups in total. The number of aromatic hydroxyl groups is 1. The number of benzene rings is 1. The summed E-state index contributed by atoms with van der Waals surface area (Å²) in [4.78, 5) is 11.6. The molecule has 3 nitrogen and oxygen atoms in total. The van der Waals surface area contributed by atoms with E-state index in [1.54, 1.807) is 17.8 Å². The van der Waals surface area contributed by atoms with Gasteiger partial charge in [0, 0.05) is 27.9 Å². The van der Waals surface area contributed by atoms with Crippen LogP contribution in [0.15, 0.2) is 29.2 Å². The lowest BCUT2D eigenvalue weighted by atomic mass is 9.79. The summed E-state index contributed by atoms with van der Waals surface area (Å²) < 4.78 is 0. The van der Waals surface area contributed by atoms with Crippen LogP contribution in [0.2, 0.25) is 0 Å². The molecule has 4 heteroatoms. The summed E-state index contributed by atoms with van der Waals surface area (Å²) in [5.41, 5.74) is 1.63. The number of hydrogen-bond acceptors (Lipinski definition) is 3. The SMILES string of the molecule is CC(C)(C)c1cc(SCC/C=C/C(=O)O)cc(C(C)(C)C)c1O. The van der Waals surface area contributed by atoms with Crippen molar-refractivity contribution in [1.29, 1.82) is 0 Å².